The van der Waals surface area contributed by atoms with Gasteiger partial charge < -0.3 is 14.8 Å². The maximum Gasteiger partial charge on any atom is 0.352 e. The number of sulfonamides is 1. The molecule has 1 heterocycles. The highest BCUT2D eigenvalue weighted by molar-refractivity contribution is 7.89. The molecule has 3 N–H and O–H groups in total. The first kappa shape index (κ1) is 17.7. The van der Waals surface area contributed by atoms with Gasteiger partial charge in [0.15, 0.2) is 0 Å². The summed E-state index contributed by atoms with van der Waals surface area (Å²) < 4.78 is 32.6. The van der Waals surface area contributed by atoms with Gasteiger partial charge in [-0.15, -0.1) is 0 Å². The van der Waals surface area contributed by atoms with Crippen LogP contribution in [0.2, 0.25) is 0 Å². The number of aromatic amines is 1. The van der Waals surface area contributed by atoms with Crippen LogP contribution in [0.1, 0.15) is 41.5 Å². The fourth-order valence-corrected chi connectivity index (χ4v) is 4.06. The fraction of sp³-hybridized carbons (Fsp3) is 0.615. The molecule has 21 heavy (non-hydrogen) atoms. The molecule has 120 valence electrons. The van der Waals surface area contributed by atoms with Gasteiger partial charge in [-0.3, -0.25) is 0 Å². The third kappa shape index (κ3) is 4.05. The molecule has 0 saturated heterocycles. The van der Waals surface area contributed by atoms with Crippen molar-refractivity contribution in [3.8, 4) is 0 Å². The molecule has 0 aliphatic rings. The first-order valence-corrected chi connectivity index (χ1v) is 8.16. The Bertz CT molecular complexity index is 600. The van der Waals surface area contributed by atoms with E-state index in [1.807, 2.05) is 6.92 Å². The normalized spacial score (nSPS) is 13.3. The van der Waals surface area contributed by atoms with E-state index in [0.29, 0.717) is 12.1 Å². The molecule has 0 spiro atoms. The monoisotopic (exact) mass is 318 g/mol. The van der Waals surface area contributed by atoms with E-state index in [-0.39, 0.29) is 28.8 Å². The van der Waals surface area contributed by atoms with Gasteiger partial charge in [-0.05, 0) is 20.3 Å². The Hall–Kier alpha value is -1.38. The van der Waals surface area contributed by atoms with Gasteiger partial charge in [0.2, 0.25) is 10.0 Å². The first-order valence-electron chi connectivity index (χ1n) is 6.68. The highest BCUT2D eigenvalue weighted by Crippen LogP contribution is 2.23. The predicted molar refractivity (Wildman–Crippen MR) is 78.1 cm³/mol. The van der Waals surface area contributed by atoms with Gasteiger partial charge in [-0.2, -0.15) is 0 Å². The minimum absolute atomic E-state index is 0.00268. The molecule has 0 amide bonds. The van der Waals surface area contributed by atoms with Crippen LogP contribution in [0.3, 0.4) is 0 Å². The molecule has 1 rings (SSSR count). The van der Waals surface area contributed by atoms with Crippen LogP contribution >= 0.6 is 0 Å². The Labute approximate surface area is 124 Å². The van der Waals surface area contributed by atoms with E-state index in [2.05, 4.69) is 9.71 Å². The second-order valence-corrected chi connectivity index (χ2v) is 6.60. The Morgan fingerprint density at radius 2 is 2.05 bits per heavy atom. The molecule has 0 aromatic carbocycles. The molecule has 1 atom stereocenters. The minimum Gasteiger partial charge on any atom is -0.477 e. The maximum atomic E-state index is 12.5. The van der Waals surface area contributed by atoms with E-state index in [0.717, 1.165) is 6.42 Å². The van der Waals surface area contributed by atoms with E-state index >= 15 is 0 Å². The smallest absolute Gasteiger partial charge is 0.352 e. The van der Waals surface area contributed by atoms with Crippen LogP contribution in [0.5, 0.6) is 0 Å². The number of carboxylic acids is 1. The van der Waals surface area contributed by atoms with Crippen molar-refractivity contribution in [2.45, 2.75) is 44.6 Å². The molecule has 0 saturated carbocycles. The summed E-state index contributed by atoms with van der Waals surface area (Å²) in [5.74, 6) is -1.18. The molecule has 1 aromatic rings. The number of rotatable bonds is 8. The summed E-state index contributed by atoms with van der Waals surface area (Å²) in [4.78, 5) is 13.7. The molecule has 7 nitrogen and oxygen atoms in total. The summed E-state index contributed by atoms with van der Waals surface area (Å²) in [6.45, 7) is 5.24. The zero-order chi connectivity index (χ0) is 16.2. The second kappa shape index (κ2) is 7.06. The largest absolute Gasteiger partial charge is 0.477 e. The molecular formula is C13H22N2O5S. The van der Waals surface area contributed by atoms with Crippen LogP contribution in [0, 0.1) is 13.8 Å². The molecule has 0 aliphatic heterocycles. The minimum atomic E-state index is -3.80. The summed E-state index contributed by atoms with van der Waals surface area (Å²) in [5.41, 5.74) is 0.414. The number of H-pyrrole nitrogens is 1. The highest BCUT2D eigenvalue weighted by Gasteiger charge is 2.28. The van der Waals surface area contributed by atoms with Crippen LogP contribution in [0.25, 0.3) is 0 Å². The molecule has 0 bridgehead atoms. The fourth-order valence-electron chi connectivity index (χ4n) is 2.35. The second-order valence-electron chi connectivity index (χ2n) is 4.95. The summed E-state index contributed by atoms with van der Waals surface area (Å²) >= 11 is 0. The quantitative estimate of drug-likeness (QED) is 0.672. The topological polar surface area (TPSA) is 108 Å². The van der Waals surface area contributed by atoms with Gasteiger partial charge in [-0.1, -0.05) is 13.3 Å². The van der Waals surface area contributed by atoms with Crippen molar-refractivity contribution in [3.05, 3.63) is 17.0 Å². The molecule has 0 fully saturated rings. The molecular weight excluding hydrogens is 296 g/mol. The van der Waals surface area contributed by atoms with Crippen molar-refractivity contribution >= 4 is 16.0 Å². The SMILES string of the molecule is CCCC(COC)NS(=O)(=O)c1c(C)[nH]c(C(=O)O)c1C. The molecule has 0 radical (unpaired) electrons. The number of ether oxygens (including phenoxy) is 1. The average Bonchev–Trinajstić information content (AvgIpc) is 2.65. The van der Waals surface area contributed by atoms with E-state index < -0.39 is 16.0 Å². The Balaban J connectivity index is 3.16. The lowest BCUT2D eigenvalue weighted by Crippen LogP contribution is -2.38. The summed E-state index contributed by atoms with van der Waals surface area (Å²) in [6.07, 6.45) is 1.45. The van der Waals surface area contributed by atoms with Crippen LogP contribution in [-0.4, -0.2) is 44.2 Å². The Morgan fingerprint density at radius 1 is 1.43 bits per heavy atom. The zero-order valence-electron chi connectivity index (χ0n) is 12.7. The lowest BCUT2D eigenvalue weighted by Gasteiger charge is -2.17. The van der Waals surface area contributed by atoms with Gasteiger partial charge in [0.25, 0.3) is 0 Å². The zero-order valence-corrected chi connectivity index (χ0v) is 13.5. The van der Waals surface area contributed by atoms with Gasteiger partial charge >= 0.3 is 5.97 Å². The number of hydrogen-bond donors (Lipinski definition) is 3. The molecule has 0 aliphatic carbocycles. The summed E-state index contributed by atoms with van der Waals surface area (Å²) in [7, 11) is -2.30. The highest BCUT2D eigenvalue weighted by atomic mass is 32.2. The maximum absolute atomic E-state index is 12.5. The Morgan fingerprint density at radius 3 is 2.48 bits per heavy atom. The lowest BCUT2D eigenvalue weighted by molar-refractivity contribution is 0.0690. The predicted octanol–water partition coefficient (Wildman–Crippen LogP) is 1.42. The number of hydrogen-bond acceptors (Lipinski definition) is 4. The van der Waals surface area contributed by atoms with Gasteiger partial charge in [-0.25, -0.2) is 17.9 Å². The number of aryl methyl sites for hydroxylation is 1. The van der Waals surface area contributed by atoms with Crippen LogP contribution in [-0.2, 0) is 14.8 Å². The van der Waals surface area contributed by atoms with Crippen molar-refractivity contribution in [1.29, 1.82) is 0 Å². The number of carbonyl (C=O) groups is 1. The first-order chi connectivity index (χ1) is 9.74. The van der Waals surface area contributed by atoms with E-state index in [4.69, 9.17) is 9.84 Å². The number of methoxy groups -OCH3 is 1. The number of aromatic carboxylic acids is 1. The van der Waals surface area contributed by atoms with Crippen LogP contribution in [0.15, 0.2) is 4.90 Å². The average molecular weight is 318 g/mol. The van der Waals surface area contributed by atoms with Crippen LogP contribution in [0.4, 0.5) is 0 Å². The number of aromatic nitrogens is 1. The number of carboxylic acid groups (broad SMARTS) is 1. The van der Waals surface area contributed by atoms with Crippen molar-refractivity contribution in [1.82, 2.24) is 9.71 Å². The summed E-state index contributed by atoms with van der Waals surface area (Å²) in [6, 6.07) is -0.341. The van der Waals surface area contributed by atoms with E-state index in [1.165, 1.54) is 14.0 Å². The Kier molecular flexibility index (Phi) is 5.94. The lowest BCUT2D eigenvalue weighted by atomic mass is 10.2. The molecule has 1 aromatic heterocycles. The van der Waals surface area contributed by atoms with Gasteiger partial charge in [0.1, 0.15) is 10.6 Å². The third-order valence-electron chi connectivity index (χ3n) is 3.18. The van der Waals surface area contributed by atoms with Crippen molar-refractivity contribution < 1.29 is 23.1 Å². The van der Waals surface area contributed by atoms with Crippen molar-refractivity contribution in [2.75, 3.05) is 13.7 Å². The number of nitrogens with one attached hydrogen (secondary N) is 2. The third-order valence-corrected chi connectivity index (χ3v) is 4.97. The van der Waals surface area contributed by atoms with Gasteiger partial charge in [0.05, 0.1) is 6.61 Å². The van der Waals surface area contributed by atoms with Crippen LogP contribution < -0.4 is 4.72 Å². The van der Waals surface area contributed by atoms with E-state index in [1.54, 1.807) is 6.92 Å². The van der Waals surface area contributed by atoms with E-state index in [9.17, 15) is 13.2 Å². The standard InChI is InChI=1S/C13H22N2O5S/c1-5-6-10(7-20-4)15-21(18,19)12-8(2)11(13(16)17)14-9(12)3/h10,14-15H,5-7H2,1-4H3,(H,16,17). The molecule has 8 heteroatoms. The summed E-state index contributed by atoms with van der Waals surface area (Å²) in [5, 5.41) is 9.05. The molecule has 1 unspecified atom stereocenters. The van der Waals surface area contributed by atoms with Crippen molar-refractivity contribution in [3.63, 3.8) is 0 Å². The van der Waals surface area contributed by atoms with Crippen molar-refractivity contribution in [2.24, 2.45) is 0 Å². The van der Waals surface area contributed by atoms with Gasteiger partial charge in [0, 0.05) is 24.4 Å².